The Balaban J connectivity index is 0.000000550. The van der Waals surface area contributed by atoms with Crippen LogP contribution in [0, 0.1) is 0 Å². The molecule has 0 atom stereocenters. The second-order valence-corrected chi connectivity index (χ2v) is 7.07. The first-order chi connectivity index (χ1) is 11.5. The standard InChI is InChI=1S/C13H11F2N3OS.CH4O3S/c14-11(15)10-9(4-5-20-10)7-2-1-3-8(6-7)12(19)18-13(16)17;1-5(2,3)4/h1-6,11H,(H4,16,17,18,19);1H3,(H,2,3,4). The Bertz CT molecular complexity index is 868. The van der Waals surface area contributed by atoms with E-state index in [0.29, 0.717) is 17.4 Å². The monoisotopic (exact) mass is 391 g/mol. The van der Waals surface area contributed by atoms with Crippen LogP contribution in [0.1, 0.15) is 21.7 Å². The van der Waals surface area contributed by atoms with Gasteiger partial charge in [0.25, 0.3) is 22.5 Å². The van der Waals surface area contributed by atoms with Crippen LogP contribution in [-0.2, 0) is 10.1 Å². The number of rotatable bonds is 3. The number of guanidine groups is 1. The molecule has 5 N–H and O–H groups in total. The van der Waals surface area contributed by atoms with Crippen molar-refractivity contribution in [2.75, 3.05) is 6.26 Å². The molecule has 0 saturated heterocycles. The number of halogens is 2. The van der Waals surface area contributed by atoms with Gasteiger partial charge in [0.2, 0.25) is 0 Å². The van der Waals surface area contributed by atoms with Crippen molar-refractivity contribution >= 4 is 33.3 Å². The maximum Gasteiger partial charge on any atom is 0.280 e. The largest absolute Gasteiger partial charge is 0.370 e. The molecule has 7 nitrogen and oxygen atoms in total. The molecule has 136 valence electrons. The molecule has 1 aromatic heterocycles. The minimum Gasteiger partial charge on any atom is -0.370 e. The summed E-state index contributed by atoms with van der Waals surface area (Å²) < 4.78 is 51.6. The zero-order chi connectivity index (χ0) is 19.2. The molecule has 1 amide bonds. The van der Waals surface area contributed by atoms with Crippen LogP contribution in [0.5, 0.6) is 0 Å². The van der Waals surface area contributed by atoms with Crippen molar-refractivity contribution in [3.8, 4) is 11.1 Å². The molecule has 0 spiro atoms. The van der Waals surface area contributed by atoms with E-state index in [4.69, 9.17) is 16.0 Å². The lowest BCUT2D eigenvalue weighted by Crippen LogP contribution is -2.24. The predicted molar refractivity (Wildman–Crippen MR) is 92.3 cm³/mol. The van der Waals surface area contributed by atoms with Gasteiger partial charge in [-0.25, -0.2) is 8.78 Å². The topological polar surface area (TPSA) is 136 Å². The summed E-state index contributed by atoms with van der Waals surface area (Å²) in [5.74, 6) is -0.954. The molecule has 0 unspecified atom stereocenters. The van der Waals surface area contributed by atoms with E-state index in [1.807, 2.05) is 0 Å². The lowest BCUT2D eigenvalue weighted by atomic mass is 10.0. The van der Waals surface area contributed by atoms with E-state index < -0.39 is 22.5 Å². The van der Waals surface area contributed by atoms with Crippen molar-refractivity contribution in [2.24, 2.45) is 16.5 Å². The van der Waals surface area contributed by atoms with E-state index in [-0.39, 0.29) is 16.4 Å². The number of carbonyl (C=O) groups is 1. The van der Waals surface area contributed by atoms with Gasteiger partial charge in [0.1, 0.15) is 0 Å². The Morgan fingerprint density at radius 1 is 1.28 bits per heavy atom. The van der Waals surface area contributed by atoms with Crippen molar-refractivity contribution in [2.45, 2.75) is 6.43 Å². The van der Waals surface area contributed by atoms with E-state index in [9.17, 15) is 22.0 Å². The Morgan fingerprint density at radius 2 is 1.88 bits per heavy atom. The molecule has 0 aliphatic rings. The Kier molecular flexibility index (Phi) is 7.15. The number of aliphatic imine (C=N–C) groups is 1. The molecule has 0 radical (unpaired) electrons. The van der Waals surface area contributed by atoms with Gasteiger partial charge in [0, 0.05) is 11.1 Å². The van der Waals surface area contributed by atoms with Gasteiger partial charge in [0.05, 0.1) is 11.1 Å². The summed E-state index contributed by atoms with van der Waals surface area (Å²) in [6.45, 7) is 0. The van der Waals surface area contributed by atoms with Crippen LogP contribution in [0.2, 0.25) is 0 Å². The van der Waals surface area contributed by atoms with Crippen LogP contribution in [-0.4, -0.2) is 31.1 Å². The Hall–Kier alpha value is -2.37. The number of thiophene rings is 1. The predicted octanol–water partition coefficient (Wildman–Crippen LogP) is 2.27. The third-order valence-electron chi connectivity index (χ3n) is 2.54. The van der Waals surface area contributed by atoms with Crippen molar-refractivity contribution in [1.82, 2.24) is 0 Å². The molecular weight excluding hydrogens is 376 g/mol. The summed E-state index contributed by atoms with van der Waals surface area (Å²) in [5.41, 5.74) is 11.4. The maximum atomic E-state index is 12.9. The second kappa shape index (κ2) is 8.65. The fourth-order valence-corrected chi connectivity index (χ4v) is 2.50. The zero-order valence-electron chi connectivity index (χ0n) is 12.9. The van der Waals surface area contributed by atoms with Crippen LogP contribution in [0.15, 0.2) is 40.7 Å². The number of benzene rings is 1. The van der Waals surface area contributed by atoms with Crippen molar-refractivity contribution in [3.05, 3.63) is 46.2 Å². The van der Waals surface area contributed by atoms with Gasteiger partial charge in [-0.2, -0.15) is 13.4 Å². The molecule has 2 aromatic rings. The smallest absolute Gasteiger partial charge is 0.280 e. The highest BCUT2D eigenvalue weighted by molar-refractivity contribution is 7.85. The minimum absolute atomic E-state index is 0.0311. The number of carbonyl (C=O) groups excluding carboxylic acids is 1. The third-order valence-corrected chi connectivity index (χ3v) is 3.47. The van der Waals surface area contributed by atoms with E-state index in [0.717, 1.165) is 11.3 Å². The fraction of sp³-hybridized carbons (Fsp3) is 0.143. The van der Waals surface area contributed by atoms with Gasteiger partial charge >= 0.3 is 0 Å². The first-order valence-corrected chi connectivity index (χ1v) is 9.24. The Morgan fingerprint density at radius 3 is 2.40 bits per heavy atom. The number of nitrogens with two attached hydrogens (primary N) is 2. The first-order valence-electron chi connectivity index (χ1n) is 6.51. The number of nitrogens with zero attached hydrogens (tertiary/aromatic N) is 1. The van der Waals surface area contributed by atoms with Crippen LogP contribution in [0.25, 0.3) is 11.1 Å². The van der Waals surface area contributed by atoms with Gasteiger partial charge in [-0.1, -0.05) is 12.1 Å². The van der Waals surface area contributed by atoms with Crippen molar-refractivity contribution < 1.29 is 26.5 Å². The molecule has 0 aliphatic carbocycles. The van der Waals surface area contributed by atoms with Gasteiger partial charge in [-0.3, -0.25) is 9.35 Å². The lowest BCUT2D eigenvalue weighted by Gasteiger charge is -2.04. The normalized spacial score (nSPS) is 10.8. The highest BCUT2D eigenvalue weighted by Crippen LogP contribution is 2.35. The second-order valence-electron chi connectivity index (χ2n) is 4.65. The quantitative estimate of drug-likeness (QED) is 0.417. The molecule has 0 bridgehead atoms. The van der Waals surface area contributed by atoms with Crippen LogP contribution >= 0.6 is 11.3 Å². The van der Waals surface area contributed by atoms with Crippen molar-refractivity contribution in [3.63, 3.8) is 0 Å². The number of amides is 1. The number of hydrogen-bond acceptors (Lipinski definition) is 4. The molecular formula is C14H15F2N3O4S2. The average molecular weight is 391 g/mol. The number of hydrogen-bond donors (Lipinski definition) is 3. The van der Waals surface area contributed by atoms with Gasteiger partial charge in [0.15, 0.2) is 5.96 Å². The molecule has 25 heavy (non-hydrogen) atoms. The summed E-state index contributed by atoms with van der Waals surface area (Å²) in [4.78, 5) is 15.1. The summed E-state index contributed by atoms with van der Waals surface area (Å²) in [5, 5.41) is 1.58. The molecule has 0 fully saturated rings. The third kappa shape index (κ3) is 7.37. The zero-order valence-corrected chi connectivity index (χ0v) is 14.5. The average Bonchev–Trinajstić information content (AvgIpc) is 2.94. The van der Waals surface area contributed by atoms with E-state index >= 15 is 0 Å². The minimum atomic E-state index is -3.67. The van der Waals surface area contributed by atoms with E-state index in [1.165, 1.54) is 12.1 Å². The SMILES string of the molecule is CS(=O)(=O)O.NC(N)=NC(=O)c1cccc(-c2ccsc2C(F)F)c1. The van der Waals surface area contributed by atoms with E-state index in [2.05, 4.69) is 4.99 Å². The maximum absolute atomic E-state index is 12.9. The molecule has 0 aliphatic heterocycles. The summed E-state index contributed by atoms with van der Waals surface area (Å²) in [7, 11) is -3.67. The fourth-order valence-electron chi connectivity index (χ4n) is 1.73. The van der Waals surface area contributed by atoms with Crippen LogP contribution < -0.4 is 11.5 Å². The highest BCUT2D eigenvalue weighted by atomic mass is 32.2. The van der Waals surface area contributed by atoms with Crippen molar-refractivity contribution in [1.29, 1.82) is 0 Å². The van der Waals surface area contributed by atoms with Gasteiger partial charge in [-0.05, 0) is 29.1 Å². The van der Waals surface area contributed by atoms with Gasteiger partial charge in [-0.15, -0.1) is 11.3 Å². The molecule has 2 rings (SSSR count). The summed E-state index contributed by atoms with van der Waals surface area (Å²) >= 11 is 0.975. The van der Waals surface area contributed by atoms with Gasteiger partial charge < -0.3 is 11.5 Å². The summed E-state index contributed by atoms with van der Waals surface area (Å²) in [6.07, 6.45) is -1.84. The lowest BCUT2D eigenvalue weighted by molar-refractivity contribution is 0.100. The molecule has 0 saturated carbocycles. The van der Waals surface area contributed by atoms with E-state index in [1.54, 1.807) is 23.6 Å². The number of alkyl halides is 2. The highest BCUT2D eigenvalue weighted by Gasteiger charge is 2.16. The first kappa shape index (κ1) is 20.7. The molecule has 11 heteroatoms. The summed E-state index contributed by atoms with van der Waals surface area (Å²) in [6, 6.07) is 7.85. The molecule has 1 aromatic carbocycles. The Labute approximate surface area is 146 Å². The van der Waals surface area contributed by atoms with Crippen LogP contribution in [0.4, 0.5) is 8.78 Å². The van der Waals surface area contributed by atoms with Crippen LogP contribution in [0.3, 0.4) is 0 Å². The molecule has 1 heterocycles.